The molecule has 3 aromatic carbocycles. The zero-order valence-corrected chi connectivity index (χ0v) is 15.4. The Bertz CT molecular complexity index is 1130. The lowest BCUT2D eigenvalue weighted by molar-refractivity contribution is 0.550. The van der Waals surface area contributed by atoms with Crippen molar-refractivity contribution in [1.82, 2.24) is 9.78 Å². The predicted octanol–water partition coefficient (Wildman–Crippen LogP) is 5.97. The van der Waals surface area contributed by atoms with E-state index in [-0.39, 0.29) is 11.6 Å². The molecule has 0 radical (unpaired) electrons. The maximum absolute atomic E-state index is 13.3. The lowest BCUT2D eigenvalue weighted by atomic mass is 9.79. The van der Waals surface area contributed by atoms with Crippen LogP contribution in [-0.4, -0.2) is 9.78 Å². The first-order valence-electron chi connectivity index (χ1n) is 9.68. The summed E-state index contributed by atoms with van der Waals surface area (Å²) in [5.41, 5.74) is 5.81. The molecular formula is C24H20F2N2. The van der Waals surface area contributed by atoms with Crippen molar-refractivity contribution in [1.29, 1.82) is 0 Å². The number of benzene rings is 3. The maximum Gasteiger partial charge on any atom is 0.123 e. The van der Waals surface area contributed by atoms with Gasteiger partial charge < -0.3 is 0 Å². The Morgan fingerprint density at radius 1 is 0.929 bits per heavy atom. The Labute approximate surface area is 162 Å². The summed E-state index contributed by atoms with van der Waals surface area (Å²) in [6.45, 7) is 0. The van der Waals surface area contributed by atoms with Crippen LogP contribution in [0.3, 0.4) is 0 Å². The number of hydrogen-bond acceptors (Lipinski definition) is 1. The number of hydrogen-bond donors (Lipinski definition) is 0. The smallest absolute Gasteiger partial charge is 0.123 e. The number of aryl methyl sites for hydroxylation is 1. The van der Waals surface area contributed by atoms with Gasteiger partial charge in [0.15, 0.2) is 0 Å². The van der Waals surface area contributed by atoms with Crippen molar-refractivity contribution in [3.8, 4) is 5.69 Å². The van der Waals surface area contributed by atoms with Gasteiger partial charge in [0.1, 0.15) is 11.6 Å². The fraction of sp³-hybridized carbons (Fsp3) is 0.208. The van der Waals surface area contributed by atoms with Gasteiger partial charge in [0.2, 0.25) is 0 Å². The number of aromatic nitrogens is 2. The van der Waals surface area contributed by atoms with Crippen molar-refractivity contribution in [3.05, 3.63) is 95.2 Å². The molecule has 0 spiro atoms. The third-order valence-corrected chi connectivity index (χ3v) is 5.73. The van der Waals surface area contributed by atoms with E-state index in [1.807, 2.05) is 23.0 Å². The van der Waals surface area contributed by atoms with Gasteiger partial charge in [-0.2, -0.15) is 5.10 Å². The van der Waals surface area contributed by atoms with Crippen LogP contribution in [0, 0.1) is 11.6 Å². The van der Waals surface area contributed by atoms with Crippen molar-refractivity contribution in [2.75, 3.05) is 0 Å². The van der Waals surface area contributed by atoms with Crippen LogP contribution in [-0.2, 0) is 12.8 Å². The van der Waals surface area contributed by atoms with Crippen molar-refractivity contribution in [2.45, 2.75) is 31.6 Å². The molecule has 4 heteroatoms. The molecule has 140 valence electrons. The van der Waals surface area contributed by atoms with E-state index < -0.39 is 0 Å². The predicted molar refractivity (Wildman–Crippen MR) is 107 cm³/mol. The molecule has 1 aromatic heterocycles. The average molecular weight is 374 g/mol. The molecule has 0 fully saturated rings. The lowest BCUT2D eigenvalue weighted by Gasteiger charge is -2.26. The first-order valence-corrected chi connectivity index (χ1v) is 9.68. The highest BCUT2D eigenvalue weighted by Gasteiger charge is 2.22. The van der Waals surface area contributed by atoms with Gasteiger partial charge in [-0.25, -0.2) is 13.5 Å². The molecule has 0 N–H and O–H groups in total. The van der Waals surface area contributed by atoms with Crippen LogP contribution < -0.4 is 0 Å². The van der Waals surface area contributed by atoms with Crippen LogP contribution in [0.2, 0.25) is 0 Å². The molecular weight excluding hydrogens is 354 g/mol. The Kier molecular flexibility index (Phi) is 4.19. The molecule has 1 aliphatic rings. The minimum atomic E-state index is -0.249. The molecule has 2 nitrogen and oxygen atoms in total. The highest BCUT2D eigenvalue weighted by molar-refractivity contribution is 5.82. The summed E-state index contributed by atoms with van der Waals surface area (Å²) in [4.78, 5) is 0. The molecule has 0 bridgehead atoms. The van der Waals surface area contributed by atoms with Crippen molar-refractivity contribution < 1.29 is 8.78 Å². The van der Waals surface area contributed by atoms with Crippen LogP contribution in [0.25, 0.3) is 16.6 Å². The first-order chi connectivity index (χ1) is 13.7. The van der Waals surface area contributed by atoms with Gasteiger partial charge in [0.25, 0.3) is 0 Å². The van der Waals surface area contributed by atoms with Crippen molar-refractivity contribution in [2.24, 2.45) is 0 Å². The molecule has 0 aliphatic heterocycles. The molecule has 4 aromatic rings. The van der Waals surface area contributed by atoms with E-state index in [1.165, 1.54) is 41.0 Å². The second-order valence-corrected chi connectivity index (χ2v) is 7.56. The summed E-state index contributed by atoms with van der Waals surface area (Å²) in [6, 6.07) is 17.7. The normalized spacial score (nSPS) is 16.3. The second-order valence-electron chi connectivity index (χ2n) is 7.56. The van der Waals surface area contributed by atoms with Crippen LogP contribution in [0.1, 0.15) is 35.4 Å². The van der Waals surface area contributed by atoms with Gasteiger partial charge in [-0.05, 0) is 96.8 Å². The van der Waals surface area contributed by atoms with Gasteiger partial charge in [-0.1, -0.05) is 12.1 Å². The summed E-state index contributed by atoms with van der Waals surface area (Å²) >= 11 is 0. The zero-order valence-electron chi connectivity index (χ0n) is 15.4. The number of nitrogens with zero attached hydrogens (tertiary/aromatic N) is 2. The molecule has 1 heterocycles. The average Bonchev–Trinajstić information content (AvgIpc) is 3.12. The Balaban J connectivity index is 1.53. The summed E-state index contributed by atoms with van der Waals surface area (Å²) in [5.74, 6) is -0.00304. The Morgan fingerprint density at radius 2 is 1.64 bits per heavy atom. The minimum absolute atomic E-state index is 0.192. The van der Waals surface area contributed by atoms with Crippen molar-refractivity contribution in [3.63, 3.8) is 0 Å². The Hall–Kier alpha value is -3.01. The van der Waals surface area contributed by atoms with Crippen LogP contribution in [0.5, 0.6) is 0 Å². The summed E-state index contributed by atoms with van der Waals surface area (Å²) in [7, 11) is 0. The van der Waals surface area contributed by atoms with E-state index in [0.29, 0.717) is 5.92 Å². The summed E-state index contributed by atoms with van der Waals surface area (Å²) in [6.07, 6.45) is 6.14. The first kappa shape index (κ1) is 17.1. The lowest BCUT2D eigenvalue weighted by Crippen LogP contribution is -2.12. The molecule has 0 amide bonds. The monoisotopic (exact) mass is 374 g/mol. The Morgan fingerprint density at radius 3 is 2.39 bits per heavy atom. The number of fused-ring (bicyclic) bond motifs is 2. The van der Waals surface area contributed by atoms with E-state index >= 15 is 0 Å². The van der Waals surface area contributed by atoms with E-state index in [4.69, 9.17) is 0 Å². The van der Waals surface area contributed by atoms with Crippen molar-refractivity contribution >= 4 is 10.9 Å². The van der Waals surface area contributed by atoms with Gasteiger partial charge in [0, 0.05) is 5.39 Å². The zero-order chi connectivity index (χ0) is 19.1. The highest BCUT2D eigenvalue weighted by Crippen LogP contribution is 2.37. The summed E-state index contributed by atoms with van der Waals surface area (Å²) < 4.78 is 28.3. The number of rotatable bonds is 3. The largest absolute Gasteiger partial charge is 0.233 e. The van der Waals surface area contributed by atoms with Crippen LogP contribution >= 0.6 is 0 Å². The second kappa shape index (κ2) is 6.86. The van der Waals surface area contributed by atoms with E-state index in [9.17, 15) is 8.78 Å². The topological polar surface area (TPSA) is 17.8 Å². The molecule has 1 aliphatic carbocycles. The molecule has 0 saturated heterocycles. The van der Waals surface area contributed by atoms with E-state index in [0.717, 1.165) is 42.3 Å². The van der Waals surface area contributed by atoms with Gasteiger partial charge in [-0.3, -0.25) is 0 Å². The van der Waals surface area contributed by atoms with E-state index in [2.05, 4.69) is 17.2 Å². The molecule has 28 heavy (non-hydrogen) atoms. The minimum Gasteiger partial charge on any atom is -0.233 e. The van der Waals surface area contributed by atoms with Crippen LogP contribution in [0.15, 0.2) is 66.9 Å². The number of halogens is 2. The highest BCUT2D eigenvalue weighted by atomic mass is 19.1. The third kappa shape index (κ3) is 3.09. The van der Waals surface area contributed by atoms with E-state index in [1.54, 1.807) is 12.1 Å². The standard InChI is InChI=1S/C24H20F2N2/c25-20-6-4-16(5-7-20)12-17-2-1-3-18-14-24-19(13-23(17)18)15-27-28(24)22-10-8-21(26)9-11-22/h4-11,13-15,17H,1-3,12H2. The third-order valence-electron chi connectivity index (χ3n) is 5.73. The maximum atomic E-state index is 13.3. The van der Waals surface area contributed by atoms with Gasteiger partial charge >= 0.3 is 0 Å². The van der Waals surface area contributed by atoms with Crippen LogP contribution in [0.4, 0.5) is 8.78 Å². The summed E-state index contributed by atoms with van der Waals surface area (Å²) in [5, 5.41) is 5.63. The fourth-order valence-corrected chi connectivity index (χ4v) is 4.33. The molecule has 1 atom stereocenters. The fourth-order valence-electron chi connectivity index (χ4n) is 4.33. The molecule has 1 unspecified atom stereocenters. The quantitative estimate of drug-likeness (QED) is 0.432. The van der Waals surface area contributed by atoms with Gasteiger partial charge in [0.05, 0.1) is 17.4 Å². The molecule has 0 saturated carbocycles. The SMILES string of the molecule is Fc1ccc(CC2CCCc3cc4c(cnn4-c4ccc(F)cc4)cc32)cc1. The van der Waals surface area contributed by atoms with Gasteiger partial charge in [-0.15, -0.1) is 0 Å². The molecule has 5 rings (SSSR count).